The molecule has 166 valence electrons. The number of likely N-dealkylation sites (tertiary alicyclic amines) is 1. The van der Waals surface area contributed by atoms with E-state index in [1.165, 1.54) is 16.9 Å². The van der Waals surface area contributed by atoms with E-state index in [1.807, 2.05) is 35.4 Å². The number of H-pyrrole nitrogens is 1. The lowest BCUT2D eigenvalue weighted by Gasteiger charge is -2.35. The minimum atomic E-state index is -0.188. The summed E-state index contributed by atoms with van der Waals surface area (Å²) in [5.74, 6) is 0.660. The zero-order valence-electron chi connectivity index (χ0n) is 18.2. The van der Waals surface area contributed by atoms with Crippen LogP contribution in [0.5, 0.6) is 0 Å². The summed E-state index contributed by atoms with van der Waals surface area (Å²) in [5.41, 5.74) is 3.86. The van der Waals surface area contributed by atoms with Crippen LogP contribution in [-0.4, -0.2) is 43.7 Å². The molecule has 3 aromatic heterocycles. The Balaban J connectivity index is 1.41. The number of fused-ring (bicyclic) bond motifs is 1. The first kappa shape index (κ1) is 21.0. The number of carbonyl (C=O) groups is 1. The molecule has 5 heterocycles. The molecule has 5 rings (SSSR count). The summed E-state index contributed by atoms with van der Waals surface area (Å²) in [6.07, 6.45) is 7.10. The van der Waals surface area contributed by atoms with E-state index >= 15 is 0 Å². The van der Waals surface area contributed by atoms with Gasteiger partial charge in [-0.05, 0) is 67.3 Å². The van der Waals surface area contributed by atoms with Gasteiger partial charge in [0.2, 0.25) is 0 Å². The smallest absolute Gasteiger partial charge is 0.264 e. The van der Waals surface area contributed by atoms with Crippen molar-refractivity contribution in [2.24, 2.45) is 0 Å². The van der Waals surface area contributed by atoms with E-state index < -0.39 is 0 Å². The van der Waals surface area contributed by atoms with Gasteiger partial charge in [0.15, 0.2) is 0 Å². The van der Waals surface area contributed by atoms with E-state index in [0.717, 1.165) is 54.0 Å². The maximum atomic E-state index is 13.2. The van der Waals surface area contributed by atoms with Crippen molar-refractivity contribution in [1.29, 1.82) is 0 Å². The zero-order chi connectivity index (χ0) is 22.1. The number of aromatic amines is 1. The minimum absolute atomic E-state index is 0.0347. The quantitative estimate of drug-likeness (QED) is 0.660. The summed E-state index contributed by atoms with van der Waals surface area (Å²) in [5, 5.41) is 2.00. The van der Waals surface area contributed by atoms with Gasteiger partial charge >= 0.3 is 0 Å². The van der Waals surface area contributed by atoms with Crippen LogP contribution in [0.3, 0.4) is 0 Å². The normalized spacial score (nSPS) is 19.0. The van der Waals surface area contributed by atoms with Crippen LogP contribution < -0.4 is 5.56 Å². The van der Waals surface area contributed by atoms with Crippen LogP contribution in [0.25, 0.3) is 0 Å². The number of nitrogens with zero attached hydrogens (tertiary/aromatic N) is 4. The van der Waals surface area contributed by atoms with Crippen molar-refractivity contribution in [3.63, 3.8) is 0 Å². The number of nitrogens with one attached hydrogen (secondary N) is 1. The first-order valence-electron chi connectivity index (χ1n) is 11.2. The van der Waals surface area contributed by atoms with Gasteiger partial charge in [-0.3, -0.25) is 19.5 Å². The average molecular weight is 450 g/mol. The minimum Gasteiger partial charge on any atom is -0.328 e. The summed E-state index contributed by atoms with van der Waals surface area (Å²) in [4.78, 5) is 43.1. The van der Waals surface area contributed by atoms with Gasteiger partial charge in [0.25, 0.3) is 11.5 Å². The standard InChI is InChI=1S/C24H27N5O2S/c1-16-12-21(32-15-16)24(31)29-10-3-2-4-20(29)22-26-19-14-28(11-7-18(19)23(30)27-22)13-17-5-8-25-9-6-17/h5-6,8-9,12,15,20H,2-4,7,10-11,13-14H2,1H3,(H,26,27,30)/t20-/m1/s1. The van der Waals surface area contributed by atoms with Gasteiger partial charge < -0.3 is 9.88 Å². The number of carbonyl (C=O) groups excluding carboxylic acids is 1. The molecule has 8 heteroatoms. The van der Waals surface area contributed by atoms with Crippen molar-refractivity contribution >= 4 is 17.2 Å². The SMILES string of the molecule is Cc1csc(C(=O)N2CCCC[C@@H]2c2nc3c(c(=O)[nH]2)CCN(Cc2ccncc2)C3)c1. The van der Waals surface area contributed by atoms with E-state index in [9.17, 15) is 9.59 Å². The molecule has 1 atom stereocenters. The molecular formula is C24H27N5O2S. The van der Waals surface area contributed by atoms with E-state index in [1.54, 1.807) is 12.4 Å². The monoisotopic (exact) mass is 449 g/mol. The summed E-state index contributed by atoms with van der Waals surface area (Å²) >= 11 is 1.48. The van der Waals surface area contributed by atoms with Crippen molar-refractivity contribution in [3.05, 3.63) is 79.4 Å². The van der Waals surface area contributed by atoms with Crippen LogP contribution in [0.1, 0.15) is 63.2 Å². The second kappa shape index (κ2) is 8.96. The molecule has 1 amide bonds. The van der Waals surface area contributed by atoms with Crippen molar-refractivity contribution in [3.8, 4) is 0 Å². The molecule has 1 saturated heterocycles. The Bertz CT molecular complexity index is 1170. The molecule has 0 aliphatic carbocycles. The Kier molecular flexibility index (Phi) is 5.89. The second-order valence-corrected chi connectivity index (χ2v) is 9.60. The molecule has 0 saturated carbocycles. The van der Waals surface area contributed by atoms with Gasteiger partial charge in [-0.1, -0.05) is 0 Å². The summed E-state index contributed by atoms with van der Waals surface area (Å²) in [6, 6.07) is 5.79. The van der Waals surface area contributed by atoms with Gasteiger partial charge in [-0.15, -0.1) is 11.3 Å². The first-order valence-corrected chi connectivity index (χ1v) is 12.1. The number of hydrogen-bond donors (Lipinski definition) is 1. The number of rotatable bonds is 4. The number of piperidine rings is 1. The van der Waals surface area contributed by atoms with Crippen LogP contribution in [0.2, 0.25) is 0 Å². The molecule has 0 spiro atoms. The lowest BCUT2D eigenvalue weighted by atomic mass is 9.99. The first-order chi connectivity index (χ1) is 15.6. The van der Waals surface area contributed by atoms with Crippen LogP contribution in [-0.2, 0) is 19.5 Å². The van der Waals surface area contributed by atoms with E-state index in [4.69, 9.17) is 4.98 Å². The molecule has 3 aromatic rings. The third-order valence-corrected chi connectivity index (χ3v) is 7.38. The summed E-state index contributed by atoms with van der Waals surface area (Å²) in [7, 11) is 0. The molecule has 2 aliphatic heterocycles. The largest absolute Gasteiger partial charge is 0.328 e. The molecule has 32 heavy (non-hydrogen) atoms. The number of thiophene rings is 1. The number of aryl methyl sites for hydroxylation is 1. The van der Waals surface area contributed by atoms with Gasteiger partial charge in [-0.25, -0.2) is 4.98 Å². The van der Waals surface area contributed by atoms with E-state index in [-0.39, 0.29) is 17.5 Å². The fourth-order valence-corrected chi connectivity index (χ4v) is 5.55. The zero-order valence-corrected chi connectivity index (χ0v) is 19.0. The predicted octanol–water partition coefficient (Wildman–Crippen LogP) is 3.46. The molecule has 0 aromatic carbocycles. The maximum Gasteiger partial charge on any atom is 0.264 e. The van der Waals surface area contributed by atoms with Gasteiger partial charge in [0.05, 0.1) is 16.6 Å². The average Bonchev–Trinajstić information content (AvgIpc) is 3.25. The lowest BCUT2D eigenvalue weighted by molar-refractivity contribution is 0.0603. The van der Waals surface area contributed by atoms with Gasteiger partial charge in [-0.2, -0.15) is 0 Å². The lowest BCUT2D eigenvalue weighted by Crippen LogP contribution is -2.41. The van der Waals surface area contributed by atoms with E-state index in [2.05, 4.69) is 14.9 Å². The number of amides is 1. The van der Waals surface area contributed by atoms with E-state index in [0.29, 0.717) is 25.3 Å². The fraction of sp³-hybridized carbons (Fsp3) is 0.417. The molecular weight excluding hydrogens is 422 g/mol. The Morgan fingerprint density at radius 3 is 2.88 bits per heavy atom. The highest BCUT2D eigenvalue weighted by atomic mass is 32.1. The highest BCUT2D eigenvalue weighted by Crippen LogP contribution is 2.32. The number of pyridine rings is 1. The molecule has 1 N–H and O–H groups in total. The molecule has 7 nitrogen and oxygen atoms in total. The summed E-state index contributed by atoms with van der Waals surface area (Å²) in [6.45, 7) is 4.96. The molecule has 0 bridgehead atoms. The summed E-state index contributed by atoms with van der Waals surface area (Å²) < 4.78 is 0. The van der Waals surface area contributed by atoms with Crippen LogP contribution in [0.15, 0.2) is 40.8 Å². The van der Waals surface area contributed by atoms with Gasteiger partial charge in [0.1, 0.15) is 5.82 Å². The van der Waals surface area contributed by atoms with Crippen LogP contribution in [0.4, 0.5) is 0 Å². The van der Waals surface area contributed by atoms with Gasteiger partial charge in [0, 0.05) is 44.1 Å². The third kappa shape index (κ3) is 4.25. The van der Waals surface area contributed by atoms with Crippen LogP contribution >= 0.6 is 11.3 Å². The fourth-order valence-electron chi connectivity index (χ4n) is 4.70. The third-order valence-electron chi connectivity index (χ3n) is 6.35. The molecule has 2 aliphatic rings. The Morgan fingerprint density at radius 1 is 1.25 bits per heavy atom. The molecule has 0 radical (unpaired) electrons. The number of hydrogen-bond acceptors (Lipinski definition) is 6. The van der Waals surface area contributed by atoms with Crippen LogP contribution in [0, 0.1) is 6.92 Å². The molecule has 0 unspecified atom stereocenters. The Labute approximate surface area is 191 Å². The Morgan fingerprint density at radius 2 is 2.09 bits per heavy atom. The highest BCUT2D eigenvalue weighted by molar-refractivity contribution is 7.12. The topological polar surface area (TPSA) is 82.2 Å². The van der Waals surface area contributed by atoms with Crippen molar-refractivity contribution in [1.82, 2.24) is 24.8 Å². The highest BCUT2D eigenvalue weighted by Gasteiger charge is 2.32. The second-order valence-electron chi connectivity index (χ2n) is 8.69. The van der Waals surface area contributed by atoms with Crippen molar-refractivity contribution in [2.75, 3.05) is 13.1 Å². The molecule has 1 fully saturated rings. The number of aromatic nitrogens is 3. The van der Waals surface area contributed by atoms with Crippen molar-refractivity contribution in [2.45, 2.75) is 51.7 Å². The predicted molar refractivity (Wildman–Crippen MR) is 124 cm³/mol. The Hall–Kier alpha value is -2.84. The van der Waals surface area contributed by atoms with Crippen molar-refractivity contribution < 1.29 is 4.79 Å². The maximum absolute atomic E-state index is 13.2.